The Morgan fingerprint density at radius 3 is 0.984 bits per heavy atom. The standard InChI is InChI=1S/C60H96N2.Ni/c1-5-9-13-16-18-20-22-24-26-28-30-32-34-36-38-40-47-55-49-43-45-52-57(55)61-59(51-12-8-4)60(54-42-15-11-7-3)62-58-53-46-44-50-56(58)48-41-39-37-35-33-31-29-27-25-23-21-19-17-14-10-6-2;/h43-46,49-50,52-53H,5-33,38-42,47-48,51,54H2,1-4H3;. The first-order valence-electron chi connectivity index (χ1n) is 27.0. The van der Waals surface area contributed by atoms with Crippen LogP contribution in [0.2, 0.25) is 0 Å². The van der Waals surface area contributed by atoms with Gasteiger partial charge in [0.25, 0.3) is 0 Å². The Morgan fingerprint density at radius 2 is 0.619 bits per heavy atom. The molecule has 3 heteroatoms. The number of hydrogen-bond acceptors (Lipinski definition) is 2. The second kappa shape index (κ2) is 44.6. The molecule has 0 aliphatic rings. The molecule has 0 amide bonds. The summed E-state index contributed by atoms with van der Waals surface area (Å²) in [7, 11) is 0. The van der Waals surface area contributed by atoms with Gasteiger partial charge in [-0.15, -0.1) is 23.7 Å². The van der Waals surface area contributed by atoms with Crippen LogP contribution < -0.4 is 0 Å². The fraction of sp³-hybridized carbons (Fsp3) is 0.700. The normalized spacial score (nSPS) is 11.5. The number of nitrogens with zero attached hydrogens (tertiary/aromatic N) is 2. The molecule has 0 aromatic heterocycles. The molecule has 0 saturated heterocycles. The van der Waals surface area contributed by atoms with E-state index in [4.69, 9.17) is 9.98 Å². The molecule has 63 heavy (non-hydrogen) atoms. The van der Waals surface area contributed by atoms with E-state index < -0.39 is 0 Å². The molecular weight excluding hydrogens is 807 g/mol. The van der Waals surface area contributed by atoms with Gasteiger partial charge in [0, 0.05) is 42.2 Å². The van der Waals surface area contributed by atoms with Crippen molar-refractivity contribution in [2.45, 2.75) is 272 Å². The van der Waals surface area contributed by atoms with Crippen molar-refractivity contribution in [2.75, 3.05) is 0 Å². The van der Waals surface area contributed by atoms with Crippen molar-refractivity contribution in [1.82, 2.24) is 0 Å². The Bertz CT molecular complexity index is 1530. The molecule has 2 nitrogen and oxygen atoms in total. The average Bonchev–Trinajstić information content (AvgIpc) is 3.29. The van der Waals surface area contributed by atoms with Gasteiger partial charge in [-0.25, -0.2) is 0 Å². The molecule has 0 heterocycles. The van der Waals surface area contributed by atoms with Crippen LogP contribution in [0.25, 0.3) is 0 Å². The molecule has 0 aliphatic carbocycles. The average molecular weight is 904 g/mol. The summed E-state index contributed by atoms with van der Waals surface area (Å²) in [5.74, 6) is 14.0. The number of para-hydroxylation sites is 2. The summed E-state index contributed by atoms with van der Waals surface area (Å²) >= 11 is 0. The van der Waals surface area contributed by atoms with Crippen LogP contribution in [-0.4, -0.2) is 11.4 Å². The summed E-state index contributed by atoms with van der Waals surface area (Å²) < 4.78 is 0. The van der Waals surface area contributed by atoms with Gasteiger partial charge in [-0.2, -0.15) is 0 Å². The molecule has 0 saturated carbocycles. The zero-order valence-electron chi connectivity index (χ0n) is 41.7. The van der Waals surface area contributed by atoms with Gasteiger partial charge in [-0.1, -0.05) is 218 Å². The largest absolute Gasteiger partial charge is 0.251 e. The predicted molar refractivity (Wildman–Crippen MR) is 279 cm³/mol. The van der Waals surface area contributed by atoms with Crippen molar-refractivity contribution in [3.8, 4) is 23.7 Å². The number of rotatable bonds is 39. The topological polar surface area (TPSA) is 24.7 Å². The zero-order chi connectivity index (χ0) is 44.2. The number of hydrogen-bond donors (Lipinski definition) is 0. The number of benzene rings is 2. The van der Waals surface area contributed by atoms with Crippen LogP contribution in [0.1, 0.15) is 270 Å². The molecule has 0 spiro atoms. The first-order chi connectivity index (χ1) is 30.7. The molecule has 0 unspecified atom stereocenters. The van der Waals surface area contributed by atoms with E-state index in [0.717, 1.165) is 94.8 Å². The van der Waals surface area contributed by atoms with Crippen LogP contribution in [0, 0.1) is 23.7 Å². The van der Waals surface area contributed by atoms with Gasteiger partial charge in [-0.3, -0.25) is 9.98 Å². The molecule has 2 aromatic carbocycles. The molecule has 0 N–H and O–H groups in total. The van der Waals surface area contributed by atoms with Gasteiger partial charge in [0.15, 0.2) is 0 Å². The van der Waals surface area contributed by atoms with Crippen molar-refractivity contribution in [3.05, 3.63) is 59.7 Å². The van der Waals surface area contributed by atoms with Crippen molar-refractivity contribution in [1.29, 1.82) is 0 Å². The number of aryl methyl sites for hydroxylation is 2. The van der Waals surface area contributed by atoms with Crippen LogP contribution in [0.4, 0.5) is 11.4 Å². The molecule has 2 aromatic rings. The van der Waals surface area contributed by atoms with Crippen molar-refractivity contribution >= 4 is 22.8 Å². The van der Waals surface area contributed by atoms with Gasteiger partial charge >= 0.3 is 0 Å². The van der Waals surface area contributed by atoms with E-state index in [2.05, 4.69) is 99.9 Å². The summed E-state index contributed by atoms with van der Waals surface area (Å²) in [5.41, 5.74) is 7.29. The first kappa shape index (κ1) is 58.4. The molecule has 2 rings (SSSR count). The summed E-state index contributed by atoms with van der Waals surface area (Å²) in [4.78, 5) is 11.0. The third-order valence-electron chi connectivity index (χ3n) is 12.4. The van der Waals surface area contributed by atoms with Gasteiger partial charge < -0.3 is 0 Å². The Balaban J connectivity index is 0.0000198. The van der Waals surface area contributed by atoms with Crippen LogP contribution in [0.5, 0.6) is 0 Å². The Labute approximate surface area is 402 Å². The molecule has 0 aliphatic heterocycles. The maximum absolute atomic E-state index is 5.51. The first-order valence-corrected chi connectivity index (χ1v) is 27.0. The van der Waals surface area contributed by atoms with E-state index in [9.17, 15) is 0 Å². The van der Waals surface area contributed by atoms with Crippen LogP contribution in [0.3, 0.4) is 0 Å². The van der Waals surface area contributed by atoms with E-state index in [1.54, 1.807) is 0 Å². The molecule has 356 valence electrons. The molecule has 0 radical (unpaired) electrons. The van der Waals surface area contributed by atoms with Crippen LogP contribution in [-0.2, 0) is 29.3 Å². The second-order valence-corrected chi connectivity index (χ2v) is 18.3. The fourth-order valence-electron chi connectivity index (χ4n) is 8.39. The quantitative estimate of drug-likeness (QED) is 0.0276. The smallest absolute Gasteiger partial charge is 0.0665 e. The number of unbranched alkanes of at least 4 members (excludes halogenated alkanes) is 28. The Morgan fingerprint density at radius 1 is 0.333 bits per heavy atom. The molecule has 0 bridgehead atoms. The Kier molecular flexibility index (Phi) is 41.3. The molecule has 0 atom stereocenters. The maximum atomic E-state index is 5.51. The zero-order valence-corrected chi connectivity index (χ0v) is 42.7. The number of aliphatic imine (C=N–C) groups is 2. The summed E-state index contributed by atoms with van der Waals surface area (Å²) in [6.45, 7) is 9.18. The van der Waals surface area contributed by atoms with Crippen molar-refractivity contribution in [3.63, 3.8) is 0 Å². The van der Waals surface area contributed by atoms with Crippen LogP contribution in [0.15, 0.2) is 58.5 Å². The van der Waals surface area contributed by atoms with E-state index in [-0.39, 0.29) is 16.5 Å². The Hall–Kier alpha value is -2.61. The van der Waals surface area contributed by atoms with Gasteiger partial charge in [0.05, 0.1) is 22.8 Å². The van der Waals surface area contributed by atoms with E-state index >= 15 is 0 Å². The third-order valence-corrected chi connectivity index (χ3v) is 12.4. The van der Waals surface area contributed by atoms with E-state index in [1.165, 1.54) is 183 Å². The van der Waals surface area contributed by atoms with Crippen molar-refractivity contribution < 1.29 is 16.5 Å². The van der Waals surface area contributed by atoms with Crippen LogP contribution >= 0.6 is 0 Å². The minimum atomic E-state index is 0. The predicted octanol–water partition coefficient (Wildman–Crippen LogP) is 19.7. The maximum Gasteiger partial charge on any atom is 0.0665 e. The van der Waals surface area contributed by atoms with Gasteiger partial charge in [0.2, 0.25) is 0 Å². The van der Waals surface area contributed by atoms with Gasteiger partial charge in [0.1, 0.15) is 0 Å². The summed E-state index contributed by atoms with van der Waals surface area (Å²) in [6.07, 6.45) is 47.9. The molecular formula is C60H96N2Ni. The van der Waals surface area contributed by atoms with Crippen molar-refractivity contribution in [2.24, 2.45) is 9.98 Å². The second-order valence-electron chi connectivity index (χ2n) is 18.3. The minimum Gasteiger partial charge on any atom is -0.251 e. The summed E-state index contributed by atoms with van der Waals surface area (Å²) in [5, 5.41) is 0. The van der Waals surface area contributed by atoms with E-state index in [0.29, 0.717) is 0 Å². The molecule has 0 fully saturated rings. The van der Waals surface area contributed by atoms with E-state index in [1.807, 2.05) is 0 Å². The minimum absolute atomic E-state index is 0. The van der Waals surface area contributed by atoms with Gasteiger partial charge in [-0.05, 0) is 87.5 Å². The third kappa shape index (κ3) is 32.7. The fourth-order valence-corrected chi connectivity index (χ4v) is 8.39. The monoisotopic (exact) mass is 903 g/mol. The summed E-state index contributed by atoms with van der Waals surface area (Å²) in [6, 6.07) is 17.7. The SMILES string of the molecule is CCCCCCCCCCCCCC#CCCCc1ccccc1N=C(CCCC)C(CCCCCC)=Nc1ccccc1CCCC#CCCCCCCCCCCCCC.[Ni].